The van der Waals surface area contributed by atoms with Crippen molar-refractivity contribution in [3.8, 4) is 0 Å². The van der Waals surface area contributed by atoms with Crippen molar-refractivity contribution in [2.45, 2.75) is 70.3 Å². The third-order valence-corrected chi connectivity index (χ3v) is 3.02. The van der Waals surface area contributed by atoms with Crippen molar-refractivity contribution >= 4 is 5.78 Å². The van der Waals surface area contributed by atoms with Gasteiger partial charge in [0.1, 0.15) is 6.10 Å². The molecule has 1 aliphatic carbocycles. The van der Waals surface area contributed by atoms with Gasteiger partial charge in [0.25, 0.3) is 0 Å². The third kappa shape index (κ3) is 4.75. The van der Waals surface area contributed by atoms with E-state index in [0.717, 1.165) is 19.3 Å². The van der Waals surface area contributed by atoms with E-state index in [2.05, 4.69) is 0 Å². The molecule has 0 saturated heterocycles. The van der Waals surface area contributed by atoms with E-state index in [1.165, 1.54) is 32.1 Å². The molecule has 0 amide bonds. The maximum Gasteiger partial charge on any atom is 0.161 e. The lowest BCUT2D eigenvalue weighted by molar-refractivity contribution is -0.127. The van der Waals surface area contributed by atoms with Crippen LogP contribution in [0.3, 0.4) is 0 Å². The zero-order valence-electron chi connectivity index (χ0n) is 9.00. The van der Waals surface area contributed by atoms with E-state index in [9.17, 15) is 9.90 Å². The van der Waals surface area contributed by atoms with E-state index in [-0.39, 0.29) is 5.78 Å². The number of ketones is 1. The topological polar surface area (TPSA) is 37.3 Å². The summed E-state index contributed by atoms with van der Waals surface area (Å²) in [5.74, 6) is 0.0607. The molecule has 1 N–H and O–H groups in total. The molecule has 1 atom stereocenters. The second-order valence-electron chi connectivity index (χ2n) is 4.35. The van der Waals surface area contributed by atoms with Gasteiger partial charge in [-0.1, -0.05) is 44.9 Å². The lowest BCUT2D eigenvalue weighted by atomic mass is 9.99. The first-order valence-electron chi connectivity index (χ1n) is 6.01. The zero-order valence-corrected chi connectivity index (χ0v) is 9.00. The van der Waals surface area contributed by atoms with Crippen molar-refractivity contribution in [2.24, 2.45) is 0 Å². The highest BCUT2D eigenvalue weighted by molar-refractivity contribution is 5.82. The molecular weight excluding hydrogens is 176 g/mol. The van der Waals surface area contributed by atoms with Crippen molar-refractivity contribution < 1.29 is 9.90 Å². The standard InChI is InChI=1S/C12H22O2/c13-11-9-7-5-3-1-2-4-6-8-10-12(11)14/h11,13H,1-10H2/t11-/m1/s1. The van der Waals surface area contributed by atoms with Crippen LogP contribution >= 0.6 is 0 Å². The van der Waals surface area contributed by atoms with Gasteiger partial charge in [0.05, 0.1) is 0 Å². The van der Waals surface area contributed by atoms with Crippen LogP contribution in [0.25, 0.3) is 0 Å². The molecule has 0 heterocycles. The predicted octanol–water partition coefficient (Wildman–Crippen LogP) is 2.83. The van der Waals surface area contributed by atoms with E-state index < -0.39 is 6.10 Å². The lowest BCUT2D eigenvalue weighted by Gasteiger charge is -2.10. The fourth-order valence-corrected chi connectivity index (χ4v) is 2.03. The van der Waals surface area contributed by atoms with Crippen LogP contribution in [-0.4, -0.2) is 17.0 Å². The highest BCUT2D eigenvalue weighted by Gasteiger charge is 2.14. The number of carbonyl (C=O) groups is 1. The van der Waals surface area contributed by atoms with Crippen LogP contribution in [0, 0.1) is 0 Å². The van der Waals surface area contributed by atoms with Gasteiger partial charge in [0, 0.05) is 6.42 Å². The Labute approximate surface area is 86.7 Å². The molecule has 14 heavy (non-hydrogen) atoms. The van der Waals surface area contributed by atoms with Gasteiger partial charge < -0.3 is 5.11 Å². The summed E-state index contributed by atoms with van der Waals surface area (Å²) in [6, 6.07) is 0. The molecule has 0 aromatic rings. The first kappa shape index (κ1) is 11.7. The molecule has 1 aliphatic rings. The van der Waals surface area contributed by atoms with E-state index in [4.69, 9.17) is 0 Å². The van der Waals surface area contributed by atoms with Crippen LogP contribution in [0.15, 0.2) is 0 Å². The van der Waals surface area contributed by atoms with E-state index in [1.54, 1.807) is 0 Å². The molecule has 0 unspecified atom stereocenters. The van der Waals surface area contributed by atoms with Crippen LogP contribution in [-0.2, 0) is 4.79 Å². The molecule has 1 rings (SSSR count). The summed E-state index contributed by atoms with van der Waals surface area (Å²) >= 11 is 0. The zero-order chi connectivity index (χ0) is 10.2. The van der Waals surface area contributed by atoms with E-state index in [0.29, 0.717) is 12.8 Å². The fraction of sp³-hybridized carbons (Fsp3) is 0.917. The van der Waals surface area contributed by atoms with Crippen molar-refractivity contribution in [1.29, 1.82) is 0 Å². The summed E-state index contributed by atoms with van der Waals surface area (Å²) in [7, 11) is 0. The maximum atomic E-state index is 11.4. The lowest BCUT2D eigenvalue weighted by Crippen LogP contribution is -2.20. The Morgan fingerprint density at radius 2 is 1.36 bits per heavy atom. The first-order valence-corrected chi connectivity index (χ1v) is 6.01. The Balaban J connectivity index is 2.27. The van der Waals surface area contributed by atoms with Crippen LogP contribution in [0.1, 0.15) is 64.2 Å². The summed E-state index contributed by atoms with van der Waals surface area (Å²) in [5.41, 5.74) is 0. The average molecular weight is 198 g/mol. The largest absolute Gasteiger partial charge is 0.385 e. The summed E-state index contributed by atoms with van der Waals surface area (Å²) in [6.45, 7) is 0. The summed E-state index contributed by atoms with van der Waals surface area (Å²) in [6.07, 6.45) is 10.0. The third-order valence-electron chi connectivity index (χ3n) is 3.02. The molecule has 0 radical (unpaired) electrons. The highest BCUT2D eigenvalue weighted by Crippen LogP contribution is 2.14. The van der Waals surface area contributed by atoms with E-state index >= 15 is 0 Å². The monoisotopic (exact) mass is 198 g/mol. The second-order valence-corrected chi connectivity index (χ2v) is 4.35. The minimum Gasteiger partial charge on any atom is -0.385 e. The van der Waals surface area contributed by atoms with Crippen molar-refractivity contribution in [3.63, 3.8) is 0 Å². The first-order chi connectivity index (χ1) is 6.80. The highest BCUT2D eigenvalue weighted by atomic mass is 16.3. The number of hydrogen-bond acceptors (Lipinski definition) is 2. The van der Waals surface area contributed by atoms with Crippen LogP contribution in [0.4, 0.5) is 0 Å². The molecule has 0 spiro atoms. The number of aliphatic hydroxyl groups excluding tert-OH is 1. The van der Waals surface area contributed by atoms with Gasteiger partial charge in [-0.05, 0) is 12.8 Å². The van der Waals surface area contributed by atoms with Gasteiger partial charge in [-0.3, -0.25) is 4.79 Å². The Kier molecular flexibility index (Phi) is 5.85. The van der Waals surface area contributed by atoms with Gasteiger partial charge in [-0.25, -0.2) is 0 Å². The number of hydrogen-bond donors (Lipinski definition) is 1. The maximum absolute atomic E-state index is 11.4. The number of carbonyl (C=O) groups excluding carboxylic acids is 1. The Morgan fingerprint density at radius 3 is 2.00 bits per heavy atom. The number of rotatable bonds is 0. The Morgan fingerprint density at radius 1 is 0.857 bits per heavy atom. The predicted molar refractivity (Wildman–Crippen MR) is 57.2 cm³/mol. The van der Waals surface area contributed by atoms with Crippen molar-refractivity contribution in [3.05, 3.63) is 0 Å². The van der Waals surface area contributed by atoms with E-state index in [1.807, 2.05) is 0 Å². The molecule has 2 heteroatoms. The molecule has 1 fully saturated rings. The molecule has 0 aromatic heterocycles. The van der Waals surface area contributed by atoms with Gasteiger partial charge >= 0.3 is 0 Å². The van der Waals surface area contributed by atoms with Crippen LogP contribution < -0.4 is 0 Å². The Bertz CT molecular complexity index is 166. The summed E-state index contributed by atoms with van der Waals surface area (Å²) < 4.78 is 0. The SMILES string of the molecule is O=C1CCCCCCCCCC[C@H]1O. The molecule has 1 saturated carbocycles. The second kappa shape index (κ2) is 6.99. The molecular formula is C12H22O2. The Hall–Kier alpha value is -0.370. The summed E-state index contributed by atoms with van der Waals surface area (Å²) in [4.78, 5) is 11.4. The minimum absolute atomic E-state index is 0.0607. The molecule has 0 aromatic carbocycles. The van der Waals surface area contributed by atoms with Gasteiger partial charge in [-0.15, -0.1) is 0 Å². The van der Waals surface area contributed by atoms with Crippen LogP contribution in [0.2, 0.25) is 0 Å². The summed E-state index contributed by atoms with van der Waals surface area (Å²) in [5, 5.41) is 9.51. The minimum atomic E-state index is -0.672. The van der Waals surface area contributed by atoms with Crippen LogP contribution in [0.5, 0.6) is 0 Å². The number of Topliss-reactive ketones (excluding diaryl/α,β-unsaturated/α-hetero) is 1. The van der Waals surface area contributed by atoms with Gasteiger partial charge in [-0.2, -0.15) is 0 Å². The molecule has 0 bridgehead atoms. The smallest absolute Gasteiger partial charge is 0.161 e. The van der Waals surface area contributed by atoms with Gasteiger partial charge in [0.2, 0.25) is 0 Å². The quantitative estimate of drug-likeness (QED) is 0.650. The molecule has 0 aliphatic heterocycles. The fourth-order valence-electron chi connectivity index (χ4n) is 2.03. The molecule has 2 nitrogen and oxygen atoms in total. The van der Waals surface area contributed by atoms with Crippen molar-refractivity contribution in [2.75, 3.05) is 0 Å². The van der Waals surface area contributed by atoms with Gasteiger partial charge in [0.15, 0.2) is 5.78 Å². The molecule has 82 valence electrons. The average Bonchev–Trinajstić information content (AvgIpc) is 2.18. The normalized spacial score (nSPS) is 27.8. The van der Waals surface area contributed by atoms with Crippen molar-refractivity contribution in [1.82, 2.24) is 0 Å². The number of aliphatic hydroxyl groups is 1.